The minimum atomic E-state index is 0.766. The predicted molar refractivity (Wildman–Crippen MR) is 59.5 cm³/mol. The van der Waals surface area contributed by atoms with Gasteiger partial charge in [-0.25, -0.2) is 0 Å². The fourth-order valence-corrected chi connectivity index (χ4v) is 1.64. The Bertz CT molecular complexity index is 274. The standard InChI is InChI=1S/C10H11Cl.C2H6/c1-7-2-5-10(11)9(6-7)8-3-4-8;1-2/h2,5-6,8H,3-4H2,1H3;1-2H3. The number of hydrogen-bond acceptors (Lipinski definition) is 0. The second-order valence-electron chi connectivity index (χ2n) is 3.30. The van der Waals surface area contributed by atoms with Crippen molar-refractivity contribution in [3.63, 3.8) is 0 Å². The maximum absolute atomic E-state index is 6.03. The molecule has 1 aromatic rings. The zero-order valence-electron chi connectivity index (χ0n) is 8.60. The fourth-order valence-electron chi connectivity index (χ4n) is 1.37. The lowest BCUT2D eigenvalue weighted by atomic mass is 10.1. The molecule has 0 amide bonds. The van der Waals surface area contributed by atoms with E-state index in [1.54, 1.807) is 0 Å². The van der Waals surface area contributed by atoms with Gasteiger partial charge in [0.2, 0.25) is 0 Å². The van der Waals surface area contributed by atoms with Crippen LogP contribution in [0.3, 0.4) is 0 Å². The molecule has 0 aliphatic heterocycles. The van der Waals surface area contributed by atoms with E-state index in [9.17, 15) is 0 Å². The molecule has 72 valence electrons. The third-order valence-electron chi connectivity index (χ3n) is 2.17. The van der Waals surface area contributed by atoms with Crippen molar-refractivity contribution in [1.29, 1.82) is 0 Å². The normalized spacial score (nSPS) is 14.8. The van der Waals surface area contributed by atoms with Crippen LogP contribution in [0.1, 0.15) is 43.7 Å². The van der Waals surface area contributed by atoms with Crippen molar-refractivity contribution in [3.8, 4) is 0 Å². The van der Waals surface area contributed by atoms with E-state index in [0.29, 0.717) is 0 Å². The number of benzene rings is 1. The molecule has 0 N–H and O–H groups in total. The van der Waals surface area contributed by atoms with E-state index in [4.69, 9.17) is 11.6 Å². The molecule has 0 heterocycles. The molecule has 1 heteroatoms. The summed E-state index contributed by atoms with van der Waals surface area (Å²) in [5.41, 5.74) is 2.67. The first-order valence-electron chi connectivity index (χ1n) is 5.03. The van der Waals surface area contributed by atoms with Crippen molar-refractivity contribution in [3.05, 3.63) is 34.3 Å². The van der Waals surface area contributed by atoms with Gasteiger partial charge in [0.05, 0.1) is 0 Å². The number of rotatable bonds is 1. The molecule has 1 saturated carbocycles. The molecular formula is C12H17Cl. The number of aryl methyl sites for hydroxylation is 1. The van der Waals surface area contributed by atoms with Crippen LogP contribution >= 0.6 is 11.6 Å². The third-order valence-corrected chi connectivity index (χ3v) is 2.51. The number of halogens is 1. The highest BCUT2D eigenvalue weighted by Gasteiger charge is 2.25. The second kappa shape index (κ2) is 4.66. The Kier molecular flexibility index (Phi) is 3.80. The third kappa shape index (κ3) is 2.73. The lowest BCUT2D eigenvalue weighted by Crippen LogP contribution is -1.82. The summed E-state index contributed by atoms with van der Waals surface area (Å²) in [6.45, 7) is 6.11. The van der Waals surface area contributed by atoms with Crippen LogP contribution < -0.4 is 0 Å². The Labute approximate surface area is 85.9 Å². The quantitative estimate of drug-likeness (QED) is 0.618. The average Bonchev–Trinajstić information content (AvgIpc) is 2.96. The lowest BCUT2D eigenvalue weighted by Gasteiger charge is -2.02. The van der Waals surface area contributed by atoms with Gasteiger partial charge >= 0.3 is 0 Å². The maximum Gasteiger partial charge on any atom is 0.0441 e. The Hall–Kier alpha value is -0.490. The Balaban J connectivity index is 0.000000396. The van der Waals surface area contributed by atoms with Gasteiger partial charge in [0.25, 0.3) is 0 Å². The second-order valence-corrected chi connectivity index (χ2v) is 3.71. The minimum Gasteiger partial charge on any atom is -0.0840 e. The molecule has 0 radical (unpaired) electrons. The van der Waals surface area contributed by atoms with E-state index >= 15 is 0 Å². The molecule has 0 unspecified atom stereocenters. The molecule has 0 spiro atoms. The van der Waals surface area contributed by atoms with E-state index in [0.717, 1.165) is 10.9 Å². The van der Waals surface area contributed by atoms with E-state index < -0.39 is 0 Å². The lowest BCUT2D eigenvalue weighted by molar-refractivity contribution is 1.12. The van der Waals surface area contributed by atoms with Crippen molar-refractivity contribution in [2.75, 3.05) is 0 Å². The van der Waals surface area contributed by atoms with Crippen LogP contribution in [0.4, 0.5) is 0 Å². The molecule has 13 heavy (non-hydrogen) atoms. The van der Waals surface area contributed by atoms with Crippen molar-refractivity contribution >= 4 is 11.6 Å². The SMILES string of the molecule is CC.Cc1ccc(Cl)c(C2CC2)c1. The van der Waals surface area contributed by atoms with Gasteiger partial charge < -0.3 is 0 Å². The highest BCUT2D eigenvalue weighted by atomic mass is 35.5. The maximum atomic E-state index is 6.03. The largest absolute Gasteiger partial charge is 0.0840 e. The molecule has 1 aromatic carbocycles. The molecule has 0 atom stereocenters. The van der Waals surface area contributed by atoms with Gasteiger partial charge in [-0.3, -0.25) is 0 Å². The van der Waals surface area contributed by atoms with Crippen LogP contribution in [0, 0.1) is 6.92 Å². The summed E-state index contributed by atoms with van der Waals surface area (Å²) >= 11 is 6.03. The summed E-state index contributed by atoms with van der Waals surface area (Å²) in [4.78, 5) is 0. The predicted octanol–water partition coefficient (Wildman–Crippen LogP) is 4.55. The molecule has 0 saturated heterocycles. The first kappa shape index (κ1) is 10.6. The van der Waals surface area contributed by atoms with Crippen LogP contribution in [-0.4, -0.2) is 0 Å². The van der Waals surface area contributed by atoms with Crippen LogP contribution in [0.15, 0.2) is 18.2 Å². The van der Waals surface area contributed by atoms with Gasteiger partial charge in [-0.15, -0.1) is 0 Å². The van der Waals surface area contributed by atoms with E-state index in [2.05, 4.69) is 19.1 Å². The monoisotopic (exact) mass is 196 g/mol. The summed E-state index contributed by atoms with van der Waals surface area (Å²) in [5, 5.41) is 0.943. The fraction of sp³-hybridized carbons (Fsp3) is 0.500. The highest BCUT2D eigenvalue weighted by molar-refractivity contribution is 6.31. The minimum absolute atomic E-state index is 0.766. The van der Waals surface area contributed by atoms with Gasteiger partial charge in [0.15, 0.2) is 0 Å². The van der Waals surface area contributed by atoms with Gasteiger partial charge in [-0.05, 0) is 37.3 Å². The molecule has 2 rings (SSSR count). The summed E-state index contributed by atoms with van der Waals surface area (Å²) in [6, 6.07) is 6.28. The van der Waals surface area contributed by atoms with Gasteiger partial charge in [0.1, 0.15) is 0 Å². The Morgan fingerprint density at radius 3 is 2.38 bits per heavy atom. The van der Waals surface area contributed by atoms with Crippen molar-refractivity contribution < 1.29 is 0 Å². The summed E-state index contributed by atoms with van der Waals surface area (Å²) in [5.74, 6) is 0.766. The molecule has 1 fully saturated rings. The van der Waals surface area contributed by atoms with E-state index in [1.807, 2.05) is 19.9 Å². The molecular weight excluding hydrogens is 180 g/mol. The van der Waals surface area contributed by atoms with Crippen LogP contribution in [-0.2, 0) is 0 Å². The average molecular weight is 197 g/mol. The zero-order valence-corrected chi connectivity index (χ0v) is 9.36. The summed E-state index contributed by atoms with van der Waals surface area (Å²) in [7, 11) is 0. The molecule has 1 aliphatic carbocycles. The molecule has 0 nitrogen and oxygen atoms in total. The van der Waals surface area contributed by atoms with Crippen molar-refractivity contribution in [2.24, 2.45) is 0 Å². The number of hydrogen-bond donors (Lipinski definition) is 0. The first-order chi connectivity index (χ1) is 6.27. The van der Waals surface area contributed by atoms with E-state index in [1.165, 1.54) is 24.0 Å². The van der Waals surface area contributed by atoms with E-state index in [-0.39, 0.29) is 0 Å². The Morgan fingerprint density at radius 2 is 1.85 bits per heavy atom. The molecule has 0 bridgehead atoms. The van der Waals surface area contributed by atoms with Crippen molar-refractivity contribution in [1.82, 2.24) is 0 Å². The zero-order chi connectivity index (χ0) is 9.84. The first-order valence-corrected chi connectivity index (χ1v) is 5.41. The smallest absolute Gasteiger partial charge is 0.0441 e. The highest BCUT2D eigenvalue weighted by Crippen LogP contribution is 2.43. The molecule has 1 aliphatic rings. The van der Waals surface area contributed by atoms with Crippen LogP contribution in [0.25, 0.3) is 0 Å². The Morgan fingerprint density at radius 1 is 1.23 bits per heavy atom. The van der Waals surface area contributed by atoms with Crippen molar-refractivity contribution in [2.45, 2.75) is 39.5 Å². The summed E-state index contributed by atoms with van der Waals surface area (Å²) < 4.78 is 0. The molecule has 0 aromatic heterocycles. The van der Waals surface area contributed by atoms with Gasteiger partial charge in [0, 0.05) is 5.02 Å². The van der Waals surface area contributed by atoms with Crippen LogP contribution in [0.2, 0.25) is 5.02 Å². The van der Waals surface area contributed by atoms with Gasteiger partial charge in [-0.1, -0.05) is 43.1 Å². The van der Waals surface area contributed by atoms with Crippen LogP contribution in [0.5, 0.6) is 0 Å². The van der Waals surface area contributed by atoms with Gasteiger partial charge in [-0.2, -0.15) is 0 Å². The summed E-state index contributed by atoms with van der Waals surface area (Å²) in [6.07, 6.45) is 2.65. The topological polar surface area (TPSA) is 0 Å².